The Labute approximate surface area is 148 Å². The Morgan fingerprint density at radius 3 is 2.37 bits per heavy atom. The van der Waals surface area contributed by atoms with Crippen molar-refractivity contribution in [3.63, 3.8) is 0 Å². The van der Waals surface area contributed by atoms with Gasteiger partial charge in [-0.3, -0.25) is 9.38 Å². The summed E-state index contributed by atoms with van der Waals surface area (Å²) in [7, 11) is 0.827. The van der Waals surface area contributed by atoms with Crippen molar-refractivity contribution in [3.8, 4) is 17.1 Å². The lowest BCUT2D eigenvalue weighted by atomic mass is 10.2. The lowest BCUT2D eigenvalue weighted by Gasteiger charge is -2.16. The summed E-state index contributed by atoms with van der Waals surface area (Å²) in [6.45, 7) is 0.856. The third kappa shape index (κ3) is 3.79. The van der Waals surface area contributed by atoms with Crippen LogP contribution in [0.25, 0.3) is 16.9 Å². The van der Waals surface area contributed by atoms with Gasteiger partial charge in [0, 0.05) is 31.1 Å². The maximum atomic E-state index is 13.8. The third-order valence-electron chi connectivity index (χ3n) is 3.60. The van der Waals surface area contributed by atoms with Crippen LogP contribution in [0.3, 0.4) is 0 Å². The van der Waals surface area contributed by atoms with Crippen LogP contribution in [-0.2, 0) is 10.8 Å². The number of hydrogen-bond donors (Lipinski definition) is 0. The lowest BCUT2D eigenvalue weighted by molar-refractivity contribution is -0.237. The summed E-state index contributed by atoms with van der Waals surface area (Å²) in [6.07, 6.45) is -6.54. The Hall–Kier alpha value is -2.89. The van der Waals surface area contributed by atoms with E-state index in [2.05, 4.69) is 24.9 Å². The van der Waals surface area contributed by atoms with E-state index in [4.69, 9.17) is 4.74 Å². The Morgan fingerprint density at radius 1 is 1.04 bits per heavy atom. The first-order chi connectivity index (χ1) is 12.6. The van der Waals surface area contributed by atoms with Crippen molar-refractivity contribution < 1.29 is 31.4 Å². The zero-order chi connectivity index (χ0) is 19.8. The van der Waals surface area contributed by atoms with E-state index >= 15 is 0 Å². The highest BCUT2D eigenvalue weighted by atomic mass is 19.4. The van der Waals surface area contributed by atoms with Gasteiger partial charge in [0.05, 0.1) is 11.9 Å². The van der Waals surface area contributed by atoms with Crippen molar-refractivity contribution in [1.29, 1.82) is 0 Å². The number of nitrogens with zero attached hydrogens (tertiary/aromatic N) is 5. The van der Waals surface area contributed by atoms with E-state index in [-0.39, 0.29) is 17.2 Å². The average molecular weight is 389 g/mol. The van der Waals surface area contributed by atoms with E-state index in [0.717, 1.165) is 18.4 Å². The fraction of sp³-hybridized carbons (Fsp3) is 0.333. The molecule has 27 heavy (non-hydrogen) atoms. The molecule has 0 spiro atoms. The summed E-state index contributed by atoms with van der Waals surface area (Å²) in [5, 5.41) is 6.98. The van der Waals surface area contributed by atoms with Gasteiger partial charge in [0.15, 0.2) is 11.8 Å². The highest BCUT2D eigenvalue weighted by Crippen LogP contribution is 2.28. The molecule has 0 aliphatic rings. The van der Waals surface area contributed by atoms with Crippen molar-refractivity contribution in [1.82, 2.24) is 24.6 Å². The van der Waals surface area contributed by atoms with Crippen LogP contribution in [0.2, 0.25) is 0 Å². The summed E-state index contributed by atoms with van der Waals surface area (Å²) in [4.78, 5) is 7.85. The molecule has 0 aliphatic heterocycles. The van der Waals surface area contributed by atoms with E-state index in [0.29, 0.717) is 5.56 Å². The Morgan fingerprint density at radius 2 is 1.78 bits per heavy atom. The van der Waals surface area contributed by atoms with Gasteiger partial charge in [-0.15, -0.1) is 10.2 Å². The van der Waals surface area contributed by atoms with E-state index < -0.39 is 24.2 Å². The average Bonchev–Trinajstić information content (AvgIpc) is 3.05. The van der Waals surface area contributed by atoms with Crippen LogP contribution < -0.4 is 4.74 Å². The Kier molecular flexibility index (Phi) is 4.68. The van der Waals surface area contributed by atoms with Crippen LogP contribution in [0.5, 0.6) is 5.88 Å². The first kappa shape index (κ1) is 18.9. The number of alkyl halides is 5. The molecule has 0 fully saturated rings. The second-order valence-corrected chi connectivity index (χ2v) is 5.43. The monoisotopic (exact) mass is 389 g/mol. The summed E-state index contributed by atoms with van der Waals surface area (Å²) in [5.74, 6) is -0.976. The molecule has 0 aliphatic carbocycles. The van der Waals surface area contributed by atoms with Gasteiger partial charge in [-0.2, -0.15) is 22.0 Å². The van der Waals surface area contributed by atoms with Crippen LogP contribution in [0.4, 0.5) is 22.0 Å². The number of hydrogen-bond acceptors (Lipinski definition) is 6. The second-order valence-electron chi connectivity index (χ2n) is 5.43. The number of aromatic nitrogens is 5. The molecule has 3 aromatic heterocycles. The van der Waals surface area contributed by atoms with Crippen molar-refractivity contribution in [3.05, 3.63) is 36.5 Å². The molecule has 0 unspecified atom stereocenters. The topological polar surface area (TPSA) is 74.4 Å². The predicted molar refractivity (Wildman–Crippen MR) is 81.1 cm³/mol. The number of fused-ring (bicyclic) bond motifs is 1. The second kappa shape index (κ2) is 6.68. The van der Waals surface area contributed by atoms with Crippen LogP contribution in [0.1, 0.15) is 12.7 Å². The molecule has 3 heterocycles. The minimum atomic E-state index is -4.52. The molecule has 12 heteroatoms. The number of methoxy groups -OCH3 is 1. The fourth-order valence-electron chi connectivity index (χ4n) is 2.09. The normalized spacial score (nSPS) is 13.7. The number of rotatable bonds is 5. The van der Waals surface area contributed by atoms with Gasteiger partial charge in [0.25, 0.3) is 0 Å². The first-order valence-electron chi connectivity index (χ1n) is 7.46. The largest absolute Gasteiger partial charge is 0.465 e. The van der Waals surface area contributed by atoms with Crippen molar-refractivity contribution >= 4 is 5.65 Å². The van der Waals surface area contributed by atoms with Gasteiger partial charge in [-0.1, -0.05) is 0 Å². The third-order valence-corrected chi connectivity index (χ3v) is 3.60. The molecule has 0 amide bonds. The molecule has 7 nitrogen and oxygen atoms in total. The van der Waals surface area contributed by atoms with Gasteiger partial charge in [0.2, 0.25) is 11.7 Å². The first-order valence-corrected chi connectivity index (χ1v) is 7.46. The van der Waals surface area contributed by atoms with Gasteiger partial charge in [-0.05, 0) is 13.0 Å². The van der Waals surface area contributed by atoms with Crippen molar-refractivity contribution in [2.75, 3.05) is 7.11 Å². The molecule has 0 saturated carbocycles. The molecule has 0 aromatic carbocycles. The minimum absolute atomic E-state index is 0.0670. The van der Waals surface area contributed by atoms with Gasteiger partial charge in [0.1, 0.15) is 0 Å². The SMILES string of the molecule is COC(F)(F)c1nnc2cnc(-c3ccc(O[C@@H](C)C(F)(F)F)nc3)cn12. The zero-order valence-corrected chi connectivity index (χ0v) is 13.9. The molecule has 0 radical (unpaired) electrons. The van der Waals surface area contributed by atoms with Gasteiger partial charge < -0.3 is 9.47 Å². The molecule has 0 saturated heterocycles. The molecule has 3 rings (SSSR count). The molecule has 144 valence electrons. The quantitative estimate of drug-likeness (QED) is 0.624. The fourth-order valence-corrected chi connectivity index (χ4v) is 2.09. The van der Waals surface area contributed by atoms with Crippen molar-refractivity contribution in [2.45, 2.75) is 25.3 Å². The van der Waals surface area contributed by atoms with Gasteiger partial charge >= 0.3 is 12.3 Å². The Bertz CT molecular complexity index is 942. The maximum Gasteiger partial charge on any atom is 0.425 e. The van der Waals surface area contributed by atoms with E-state index in [1.807, 2.05) is 0 Å². The van der Waals surface area contributed by atoms with E-state index in [9.17, 15) is 22.0 Å². The molecule has 1 atom stereocenters. The summed E-state index contributed by atoms with van der Waals surface area (Å²) in [6, 6.07) is 2.62. The minimum Gasteiger partial charge on any atom is -0.465 e. The summed E-state index contributed by atoms with van der Waals surface area (Å²) in [5.41, 5.74) is 0.653. The van der Waals surface area contributed by atoms with E-state index in [1.165, 1.54) is 30.7 Å². The van der Waals surface area contributed by atoms with E-state index in [1.54, 1.807) is 0 Å². The smallest absolute Gasteiger partial charge is 0.425 e. The predicted octanol–water partition coefficient (Wildman–Crippen LogP) is 3.21. The molecule has 3 aromatic rings. The molecule has 0 N–H and O–H groups in total. The van der Waals surface area contributed by atoms with Crippen LogP contribution in [0.15, 0.2) is 30.7 Å². The highest BCUT2D eigenvalue weighted by Gasteiger charge is 2.38. The zero-order valence-electron chi connectivity index (χ0n) is 13.9. The Balaban J connectivity index is 1.90. The molecular formula is C15H12F5N5O2. The van der Waals surface area contributed by atoms with Crippen LogP contribution in [0, 0.1) is 0 Å². The molecule has 0 bridgehead atoms. The molecular weight excluding hydrogens is 377 g/mol. The highest BCUT2D eigenvalue weighted by molar-refractivity contribution is 5.59. The number of ether oxygens (including phenoxy) is 2. The summed E-state index contributed by atoms with van der Waals surface area (Å²) < 4.78 is 74.9. The van der Waals surface area contributed by atoms with Crippen molar-refractivity contribution in [2.24, 2.45) is 0 Å². The maximum absolute atomic E-state index is 13.8. The van der Waals surface area contributed by atoms with Crippen LogP contribution >= 0.6 is 0 Å². The van der Waals surface area contributed by atoms with Crippen LogP contribution in [-0.4, -0.2) is 44.0 Å². The lowest BCUT2D eigenvalue weighted by Crippen LogP contribution is -2.31. The summed E-state index contributed by atoms with van der Waals surface area (Å²) >= 11 is 0. The number of halogens is 5. The standard InChI is InChI=1S/C15H12F5N5O2/c1-8(14(16,17)18)27-12-4-3-9(5-22-12)10-7-25-11(6-21-10)23-24-13(25)15(19,20)26-2/h3-8H,1-2H3/t8-/m0/s1. The van der Waals surface area contributed by atoms with Gasteiger partial charge in [-0.25, -0.2) is 4.98 Å². The number of pyridine rings is 1.